The number of halogens is 1. The Morgan fingerprint density at radius 1 is 1.36 bits per heavy atom. The number of benzene rings is 1. The van der Waals surface area contributed by atoms with Crippen LogP contribution >= 0.6 is 11.3 Å². The molecule has 52 valence electrons. The lowest BCUT2D eigenvalue weighted by Crippen LogP contribution is -1.96. The summed E-state index contributed by atoms with van der Waals surface area (Å²) in [5.41, 5.74) is 0.657. The predicted molar refractivity (Wildman–Crippen MR) is 47.2 cm³/mol. The van der Waals surface area contributed by atoms with Crippen molar-refractivity contribution in [2.75, 3.05) is 0 Å². The van der Waals surface area contributed by atoms with Crippen LogP contribution in [0.25, 0.3) is 10.1 Å². The first-order chi connectivity index (χ1) is 5.29. The van der Waals surface area contributed by atoms with Gasteiger partial charge in [-0.2, -0.15) is 0 Å². The highest BCUT2D eigenvalue weighted by molar-refractivity contribution is 7.18. The topological polar surface area (TPSA) is 0 Å². The number of hydrogen-bond acceptors (Lipinski definition) is 1. The van der Waals surface area contributed by atoms with Crippen molar-refractivity contribution in [3.63, 3.8) is 0 Å². The molecule has 1 heterocycles. The molecule has 0 saturated carbocycles. The van der Waals surface area contributed by atoms with E-state index in [9.17, 15) is 4.39 Å². The van der Waals surface area contributed by atoms with E-state index < -0.39 is 0 Å². The maximum Gasteiger partial charge on any atom is 0.140 e. The Balaban J connectivity index is 2.94. The molecule has 0 fully saturated rings. The van der Waals surface area contributed by atoms with Gasteiger partial charge in [-0.3, -0.25) is 0 Å². The van der Waals surface area contributed by atoms with E-state index in [1.165, 1.54) is 17.4 Å². The molecule has 0 bridgehead atoms. The SMILES string of the molecule is [B]c1csc2c(F)cccc12. The van der Waals surface area contributed by atoms with Gasteiger partial charge in [0.15, 0.2) is 0 Å². The van der Waals surface area contributed by atoms with Crippen molar-refractivity contribution in [3.8, 4) is 0 Å². The first-order valence-electron chi connectivity index (χ1n) is 3.20. The summed E-state index contributed by atoms with van der Waals surface area (Å²) in [4.78, 5) is 0. The van der Waals surface area contributed by atoms with Crippen LogP contribution in [0.15, 0.2) is 23.6 Å². The molecule has 0 saturated heterocycles. The summed E-state index contributed by atoms with van der Waals surface area (Å²) >= 11 is 1.34. The summed E-state index contributed by atoms with van der Waals surface area (Å²) in [5.74, 6) is -0.191. The zero-order valence-electron chi connectivity index (χ0n) is 5.67. The standard InChI is InChI=1S/C8H4BFS/c9-6-4-11-8-5(6)2-1-3-7(8)10/h1-4H. The van der Waals surface area contributed by atoms with E-state index in [-0.39, 0.29) is 5.82 Å². The third-order valence-corrected chi connectivity index (χ3v) is 2.60. The lowest BCUT2D eigenvalue weighted by molar-refractivity contribution is 0.642. The molecule has 0 aliphatic carbocycles. The molecule has 0 aliphatic heterocycles. The molecular formula is C8H4BFS. The maximum atomic E-state index is 13.0. The van der Waals surface area contributed by atoms with Crippen LogP contribution in [0.3, 0.4) is 0 Å². The summed E-state index contributed by atoms with van der Waals surface area (Å²) < 4.78 is 13.6. The van der Waals surface area contributed by atoms with Crippen molar-refractivity contribution in [1.82, 2.24) is 0 Å². The van der Waals surface area contributed by atoms with E-state index in [4.69, 9.17) is 7.85 Å². The average Bonchev–Trinajstić information content (AvgIpc) is 2.35. The molecule has 2 aromatic rings. The first-order valence-corrected chi connectivity index (χ1v) is 4.08. The summed E-state index contributed by atoms with van der Waals surface area (Å²) in [6, 6.07) is 4.93. The van der Waals surface area contributed by atoms with Gasteiger partial charge in [-0.25, -0.2) is 4.39 Å². The number of fused-ring (bicyclic) bond motifs is 1. The Hall–Kier alpha value is -0.825. The van der Waals surface area contributed by atoms with E-state index in [2.05, 4.69) is 0 Å². The normalized spacial score (nSPS) is 10.6. The van der Waals surface area contributed by atoms with Gasteiger partial charge < -0.3 is 0 Å². The summed E-state index contributed by atoms with van der Waals surface area (Å²) in [5, 5.41) is 2.57. The molecule has 0 atom stereocenters. The van der Waals surface area contributed by atoms with Crippen molar-refractivity contribution in [2.45, 2.75) is 0 Å². The zero-order valence-corrected chi connectivity index (χ0v) is 6.49. The monoisotopic (exact) mass is 162 g/mol. The maximum absolute atomic E-state index is 13.0. The van der Waals surface area contributed by atoms with Gasteiger partial charge in [0.25, 0.3) is 0 Å². The Labute approximate surface area is 69.1 Å². The van der Waals surface area contributed by atoms with E-state index in [1.54, 1.807) is 11.4 Å². The van der Waals surface area contributed by atoms with Crippen LogP contribution < -0.4 is 5.46 Å². The van der Waals surface area contributed by atoms with Gasteiger partial charge in [0, 0.05) is 0 Å². The first kappa shape index (κ1) is 6.86. The van der Waals surface area contributed by atoms with E-state index in [0.29, 0.717) is 10.2 Å². The van der Waals surface area contributed by atoms with Gasteiger partial charge in [-0.15, -0.1) is 11.3 Å². The Morgan fingerprint density at radius 3 is 2.91 bits per heavy atom. The Bertz CT molecular complexity index is 394. The van der Waals surface area contributed by atoms with Gasteiger partial charge in [0.1, 0.15) is 13.7 Å². The molecule has 2 radical (unpaired) electrons. The van der Waals surface area contributed by atoms with Crippen molar-refractivity contribution in [2.24, 2.45) is 0 Å². The van der Waals surface area contributed by atoms with Crippen LogP contribution in [-0.2, 0) is 0 Å². The van der Waals surface area contributed by atoms with Gasteiger partial charge in [0.2, 0.25) is 0 Å². The molecule has 0 N–H and O–H groups in total. The number of rotatable bonds is 0. The van der Waals surface area contributed by atoms with E-state index >= 15 is 0 Å². The van der Waals surface area contributed by atoms with Crippen molar-refractivity contribution < 1.29 is 4.39 Å². The lowest BCUT2D eigenvalue weighted by Gasteiger charge is -1.91. The van der Waals surface area contributed by atoms with E-state index in [1.807, 2.05) is 6.07 Å². The summed E-state index contributed by atoms with van der Waals surface area (Å²) in [6.07, 6.45) is 0. The highest BCUT2D eigenvalue weighted by atomic mass is 32.1. The zero-order chi connectivity index (χ0) is 7.84. The van der Waals surface area contributed by atoms with Gasteiger partial charge in [-0.1, -0.05) is 17.6 Å². The van der Waals surface area contributed by atoms with Gasteiger partial charge in [-0.05, 0) is 16.8 Å². The predicted octanol–water partition coefficient (Wildman–Crippen LogP) is 1.83. The second-order valence-corrected chi connectivity index (χ2v) is 3.19. The minimum absolute atomic E-state index is 0.191. The molecule has 0 amide bonds. The fourth-order valence-corrected chi connectivity index (χ4v) is 1.91. The minimum Gasteiger partial charge on any atom is -0.205 e. The van der Waals surface area contributed by atoms with E-state index in [0.717, 1.165) is 5.39 Å². The van der Waals surface area contributed by atoms with Crippen LogP contribution in [0.4, 0.5) is 4.39 Å². The van der Waals surface area contributed by atoms with Crippen LogP contribution in [0.1, 0.15) is 0 Å². The fraction of sp³-hybridized carbons (Fsp3) is 0. The van der Waals surface area contributed by atoms with Crippen LogP contribution in [0.2, 0.25) is 0 Å². The molecule has 0 nitrogen and oxygen atoms in total. The molecular weight excluding hydrogens is 158 g/mol. The summed E-state index contributed by atoms with van der Waals surface area (Å²) in [6.45, 7) is 0. The molecule has 1 aromatic heterocycles. The molecule has 11 heavy (non-hydrogen) atoms. The van der Waals surface area contributed by atoms with Crippen LogP contribution in [-0.4, -0.2) is 7.85 Å². The second kappa shape index (κ2) is 2.34. The molecule has 3 heteroatoms. The smallest absolute Gasteiger partial charge is 0.140 e. The molecule has 0 unspecified atom stereocenters. The van der Waals surface area contributed by atoms with Gasteiger partial charge in [0.05, 0.1) is 4.70 Å². The third kappa shape index (κ3) is 0.961. The quantitative estimate of drug-likeness (QED) is 0.518. The number of hydrogen-bond donors (Lipinski definition) is 0. The Morgan fingerprint density at radius 2 is 2.18 bits per heavy atom. The third-order valence-electron chi connectivity index (χ3n) is 1.58. The van der Waals surface area contributed by atoms with Crippen LogP contribution in [0.5, 0.6) is 0 Å². The average molecular weight is 162 g/mol. The lowest BCUT2D eigenvalue weighted by atomic mass is 9.96. The number of thiophene rings is 1. The van der Waals surface area contributed by atoms with Crippen molar-refractivity contribution >= 4 is 34.7 Å². The molecule has 0 spiro atoms. The fourth-order valence-electron chi connectivity index (χ4n) is 1.04. The van der Waals surface area contributed by atoms with Crippen molar-refractivity contribution in [1.29, 1.82) is 0 Å². The van der Waals surface area contributed by atoms with Crippen molar-refractivity contribution in [3.05, 3.63) is 29.4 Å². The molecule has 2 rings (SSSR count). The Kier molecular flexibility index (Phi) is 1.46. The highest BCUT2D eigenvalue weighted by Crippen LogP contribution is 2.20. The minimum atomic E-state index is -0.191. The highest BCUT2D eigenvalue weighted by Gasteiger charge is 2.02. The molecule has 1 aromatic carbocycles. The second-order valence-electron chi connectivity index (χ2n) is 2.31. The van der Waals surface area contributed by atoms with Crippen LogP contribution in [0, 0.1) is 5.82 Å². The largest absolute Gasteiger partial charge is 0.205 e. The summed E-state index contributed by atoms with van der Waals surface area (Å²) in [7, 11) is 5.59. The van der Waals surface area contributed by atoms with Gasteiger partial charge >= 0.3 is 0 Å². The molecule has 0 aliphatic rings.